The molecule has 0 radical (unpaired) electrons. The van der Waals surface area contributed by atoms with Gasteiger partial charge in [-0.15, -0.1) is 0 Å². The third-order valence-electron chi connectivity index (χ3n) is 3.16. The average Bonchev–Trinajstić information content (AvgIpc) is 2.55. The molecule has 2 rings (SSSR count). The van der Waals surface area contributed by atoms with Gasteiger partial charge in [0.1, 0.15) is 5.56 Å². The third kappa shape index (κ3) is 2.91. The zero-order valence-corrected chi connectivity index (χ0v) is 12.2. The number of ether oxygens (including phenoxy) is 2. The number of rotatable bonds is 4. The molecule has 1 heterocycles. The van der Waals surface area contributed by atoms with Gasteiger partial charge >= 0.3 is 17.9 Å². The number of carboxylic acid groups (broad SMARTS) is 1. The molecule has 0 spiro atoms. The van der Waals surface area contributed by atoms with E-state index in [2.05, 4.69) is 9.47 Å². The van der Waals surface area contributed by atoms with E-state index in [0.29, 0.717) is 0 Å². The van der Waals surface area contributed by atoms with Crippen molar-refractivity contribution < 1.29 is 33.4 Å². The van der Waals surface area contributed by atoms with Crippen molar-refractivity contribution in [3.63, 3.8) is 0 Å². The molecular weight excluding hydrogens is 308 g/mol. The summed E-state index contributed by atoms with van der Waals surface area (Å²) in [5, 5.41) is 9.10. The fraction of sp³-hybridized carbons (Fsp3) is 0.200. The van der Waals surface area contributed by atoms with E-state index in [9.17, 15) is 19.2 Å². The maximum absolute atomic E-state index is 12.5. The van der Waals surface area contributed by atoms with E-state index in [1.165, 1.54) is 18.2 Å². The molecule has 0 atom stereocenters. The fourth-order valence-corrected chi connectivity index (χ4v) is 2.06. The van der Waals surface area contributed by atoms with Crippen LogP contribution in [0.5, 0.6) is 0 Å². The second-order valence-electron chi connectivity index (χ2n) is 4.47. The Morgan fingerprint density at radius 3 is 2.43 bits per heavy atom. The molecule has 0 saturated heterocycles. The van der Waals surface area contributed by atoms with E-state index in [0.717, 1.165) is 14.2 Å². The van der Waals surface area contributed by atoms with Crippen molar-refractivity contribution in [3.05, 3.63) is 45.3 Å². The molecule has 23 heavy (non-hydrogen) atoms. The number of carbonyl (C=O) groups is 3. The number of fused-ring (bicyclic) bond motifs is 1. The number of methoxy groups -OCH3 is 2. The standard InChI is InChI=1S/C15H12O8/c1-21-10(16)6-9-11(17)7-4-3-5-8(14(18)19)12(7)23-13(9)15(20)22-2/h3-5H,6H2,1-2H3,(H,18,19). The molecular formula is C15H12O8. The molecule has 1 N–H and O–H groups in total. The van der Waals surface area contributed by atoms with Crippen LogP contribution in [-0.4, -0.2) is 37.2 Å². The van der Waals surface area contributed by atoms with E-state index in [-0.39, 0.29) is 22.1 Å². The van der Waals surface area contributed by atoms with E-state index in [1.54, 1.807) is 0 Å². The molecule has 0 amide bonds. The molecule has 1 aromatic carbocycles. The lowest BCUT2D eigenvalue weighted by molar-refractivity contribution is -0.139. The lowest BCUT2D eigenvalue weighted by Crippen LogP contribution is -2.21. The van der Waals surface area contributed by atoms with Gasteiger partial charge in [0.25, 0.3) is 0 Å². The van der Waals surface area contributed by atoms with Crippen LogP contribution in [0, 0.1) is 0 Å². The normalized spacial score (nSPS) is 10.3. The van der Waals surface area contributed by atoms with Gasteiger partial charge in [0.15, 0.2) is 11.0 Å². The summed E-state index contributed by atoms with van der Waals surface area (Å²) in [5.41, 5.74) is -1.49. The van der Waals surface area contributed by atoms with Gasteiger partial charge in [-0.2, -0.15) is 0 Å². The summed E-state index contributed by atoms with van der Waals surface area (Å²) in [6, 6.07) is 3.94. The Kier molecular flexibility index (Phi) is 4.44. The molecule has 120 valence electrons. The zero-order valence-electron chi connectivity index (χ0n) is 12.2. The number of carbonyl (C=O) groups excluding carboxylic acids is 2. The largest absolute Gasteiger partial charge is 0.478 e. The SMILES string of the molecule is COC(=O)Cc1c(C(=O)OC)oc2c(C(=O)O)cccc2c1=O. The molecule has 0 saturated carbocycles. The van der Waals surface area contributed by atoms with E-state index in [1.807, 2.05) is 0 Å². The predicted octanol–water partition coefficient (Wildman–Crippen LogP) is 0.993. The summed E-state index contributed by atoms with van der Waals surface area (Å²) >= 11 is 0. The highest BCUT2D eigenvalue weighted by Gasteiger charge is 2.25. The highest BCUT2D eigenvalue weighted by Crippen LogP contribution is 2.21. The van der Waals surface area contributed by atoms with Gasteiger partial charge in [0.2, 0.25) is 5.76 Å². The van der Waals surface area contributed by atoms with Crippen molar-refractivity contribution in [2.45, 2.75) is 6.42 Å². The van der Waals surface area contributed by atoms with Crippen LogP contribution < -0.4 is 5.43 Å². The number of aromatic carboxylic acids is 1. The molecule has 0 aliphatic heterocycles. The van der Waals surface area contributed by atoms with Gasteiger partial charge in [-0.1, -0.05) is 6.07 Å². The van der Waals surface area contributed by atoms with Crippen LogP contribution in [0.25, 0.3) is 11.0 Å². The smallest absolute Gasteiger partial charge is 0.374 e. The first-order chi connectivity index (χ1) is 10.9. The molecule has 0 aliphatic rings. The monoisotopic (exact) mass is 320 g/mol. The third-order valence-corrected chi connectivity index (χ3v) is 3.16. The second kappa shape index (κ2) is 6.30. The van der Waals surface area contributed by atoms with Crippen molar-refractivity contribution in [2.24, 2.45) is 0 Å². The van der Waals surface area contributed by atoms with Gasteiger partial charge in [-0.3, -0.25) is 9.59 Å². The van der Waals surface area contributed by atoms with Crippen LogP contribution in [0.4, 0.5) is 0 Å². The molecule has 0 unspecified atom stereocenters. The van der Waals surface area contributed by atoms with E-state index >= 15 is 0 Å². The van der Waals surface area contributed by atoms with E-state index < -0.39 is 35.5 Å². The quantitative estimate of drug-likeness (QED) is 0.828. The Bertz CT molecular complexity index is 862. The van der Waals surface area contributed by atoms with Gasteiger partial charge in [0, 0.05) is 0 Å². The minimum atomic E-state index is -1.32. The summed E-state index contributed by atoms with van der Waals surface area (Å²) < 4.78 is 14.3. The molecule has 0 fully saturated rings. The Morgan fingerprint density at radius 1 is 1.17 bits per heavy atom. The van der Waals surface area contributed by atoms with Crippen LogP contribution >= 0.6 is 0 Å². The number of hydrogen-bond donors (Lipinski definition) is 1. The predicted molar refractivity (Wildman–Crippen MR) is 76.5 cm³/mol. The Hall–Kier alpha value is -3.16. The highest BCUT2D eigenvalue weighted by atomic mass is 16.5. The topological polar surface area (TPSA) is 120 Å². The first kappa shape index (κ1) is 16.2. The second-order valence-corrected chi connectivity index (χ2v) is 4.47. The summed E-state index contributed by atoms with van der Waals surface area (Å²) in [6.07, 6.45) is -0.503. The Balaban J connectivity index is 2.86. The number of para-hydroxylation sites is 1. The van der Waals surface area contributed by atoms with Crippen LogP contribution in [0.1, 0.15) is 26.5 Å². The fourth-order valence-electron chi connectivity index (χ4n) is 2.06. The lowest BCUT2D eigenvalue weighted by atomic mass is 10.0. The minimum Gasteiger partial charge on any atom is -0.478 e. The maximum Gasteiger partial charge on any atom is 0.374 e. The Labute approximate surface area is 129 Å². The van der Waals surface area contributed by atoms with E-state index in [4.69, 9.17) is 9.52 Å². The van der Waals surface area contributed by atoms with Gasteiger partial charge < -0.3 is 19.0 Å². The molecule has 1 aromatic heterocycles. The van der Waals surface area contributed by atoms with Crippen LogP contribution in [0.15, 0.2) is 27.4 Å². The molecule has 8 heteroatoms. The summed E-state index contributed by atoms with van der Waals surface area (Å²) in [7, 11) is 2.20. The molecule has 0 bridgehead atoms. The number of hydrogen-bond acceptors (Lipinski definition) is 7. The Morgan fingerprint density at radius 2 is 1.87 bits per heavy atom. The van der Waals surface area contributed by atoms with Gasteiger partial charge in [-0.25, -0.2) is 9.59 Å². The van der Waals surface area contributed by atoms with Gasteiger partial charge in [0.05, 0.1) is 31.6 Å². The van der Waals surface area contributed by atoms with Crippen molar-refractivity contribution in [1.29, 1.82) is 0 Å². The molecule has 0 aliphatic carbocycles. The van der Waals surface area contributed by atoms with Crippen LogP contribution in [-0.2, 0) is 20.7 Å². The molecule has 2 aromatic rings. The van der Waals surface area contributed by atoms with Crippen LogP contribution in [0.2, 0.25) is 0 Å². The first-order valence-corrected chi connectivity index (χ1v) is 6.37. The van der Waals surface area contributed by atoms with Gasteiger partial charge in [-0.05, 0) is 12.1 Å². The zero-order chi connectivity index (χ0) is 17.1. The van der Waals surface area contributed by atoms with Crippen LogP contribution in [0.3, 0.4) is 0 Å². The number of benzene rings is 1. The first-order valence-electron chi connectivity index (χ1n) is 6.37. The number of esters is 2. The van der Waals surface area contributed by atoms with Crippen molar-refractivity contribution >= 4 is 28.9 Å². The maximum atomic E-state index is 12.5. The van der Waals surface area contributed by atoms with Crippen molar-refractivity contribution in [2.75, 3.05) is 14.2 Å². The minimum absolute atomic E-state index is 0.0588. The number of carboxylic acids is 1. The summed E-state index contributed by atoms with van der Waals surface area (Å²) in [4.78, 5) is 47.0. The average molecular weight is 320 g/mol. The van der Waals surface area contributed by atoms with Crippen molar-refractivity contribution in [3.8, 4) is 0 Å². The summed E-state index contributed by atoms with van der Waals surface area (Å²) in [6.45, 7) is 0. The lowest BCUT2D eigenvalue weighted by Gasteiger charge is -2.09. The molecule has 8 nitrogen and oxygen atoms in total. The van der Waals surface area contributed by atoms with Crippen molar-refractivity contribution in [1.82, 2.24) is 0 Å². The summed E-state index contributed by atoms with van der Waals surface area (Å²) in [5.74, 6) is -3.60. The highest BCUT2D eigenvalue weighted by molar-refractivity contribution is 6.02.